The Morgan fingerprint density at radius 3 is 2.45 bits per heavy atom. The summed E-state index contributed by atoms with van der Waals surface area (Å²) >= 11 is 0. The predicted molar refractivity (Wildman–Crippen MR) is 82.0 cm³/mol. The molecule has 0 bridgehead atoms. The van der Waals surface area contributed by atoms with Gasteiger partial charge in [-0.1, -0.05) is 6.92 Å². The van der Waals surface area contributed by atoms with Crippen molar-refractivity contribution in [3.8, 4) is 0 Å². The molecule has 2 fully saturated rings. The third kappa shape index (κ3) is 5.34. The number of guanidine groups is 1. The summed E-state index contributed by atoms with van der Waals surface area (Å²) in [7, 11) is 0. The molecule has 1 unspecified atom stereocenters. The molecular formula is C15H27F3N4. The minimum absolute atomic E-state index is 0.0620. The van der Waals surface area contributed by atoms with E-state index in [4.69, 9.17) is 0 Å². The summed E-state index contributed by atoms with van der Waals surface area (Å²) < 4.78 is 37.4. The van der Waals surface area contributed by atoms with Crippen molar-refractivity contribution in [2.75, 3.05) is 39.3 Å². The molecule has 0 aromatic rings. The lowest BCUT2D eigenvalue weighted by molar-refractivity contribution is -0.143. The first-order valence-electron chi connectivity index (χ1n) is 8.22. The molecule has 0 radical (unpaired) electrons. The number of hydrogen-bond acceptors (Lipinski definition) is 2. The number of nitrogens with one attached hydrogen (secondary N) is 1. The van der Waals surface area contributed by atoms with E-state index in [0.29, 0.717) is 19.6 Å². The minimum atomic E-state index is -4.11. The second kappa shape index (κ2) is 7.53. The average molecular weight is 320 g/mol. The van der Waals surface area contributed by atoms with E-state index < -0.39 is 12.7 Å². The molecule has 0 aliphatic carbocycles. The zero-order chi connectivity index (χ0) is 16.2. The molecular weight excluding hydrogens is 293 g/mol. The highest BCUT2D eigenvalue weighted by molar-refractivity contribution is 5.80. The molecule has 2 rings (SSSR count). The van der Waals surface area contributed by atoms with Gasteiger partial charge in [0.1, 0.15) is 0 Å². The fraction of sp³-hybridized carbons (Fsp3) is 0.933. The van der Waals surface area contributed by atoms with Crippen LogP contribution in [0.5, 0.6) is 0 Å². The molecule has 0 aromatic heterocycles. The van der Waals surface area contributed by atoms with Crippen molar-refractivity contribution in [3.05, 3.63) is 0 Å². The Morgan fingerprint density at radius 1 is 1.18 bits per heavy atom. The normalized spacial score (nSPS) is 25.8. The maximum Gasteiger partial charge on any atom is 0.401 e. The van der Waals surface area contributed by atoms with Crippen LogP contribution in [0, 0.1) is 5.92 Å². The molecule has 1 atom stereocenters. The quantitative estimate of drug-likeness (QED) is 0.639. The molecule has 0 amide bonds. The summed E-state index contributed by atoms with van der Waals surface area (Å²) in [6.45, 7) is 7.00. The number of likely N-dealkylation sites (tertiary alicyclic amines) is 2. The Bertz CT molecular complexity index is 375. The van der Waals surface area contributed by atoms with Crippen LogP contribution in [-0.2, 0) is 0 Å². The summed E-state index contributed by atoms with van der Waals surface area (Å²) in [4.78, 5) is 8.24. The van der Waals surface area contributed by atoms with Crippen LogP contribution < -0.4 is 5.32 Å². The SMILES string of the molecule is CCN=C(NC1CCN(CC(F)(F)F)C1)N1CCC(C)CC1. The highest BCUT2D eigenvalue weighted by Crippen LogP contribution is 2.21. The standard InChI is InChI=1S/C15H27F3N4/c1-3-19-14(22-8-4-12(2)5-9-22)20-13-6-7-21(10-13)11-15(16,17)18/h12-13H,3-11H2,1-2H3,(H,19,20). The Hall–Kier alpha value is -0.980. The highest BCUT2D eigenvalue weighted by atomic mass is 19.4. The van der Waals surface area contributed by atoms with Gasteiger partial charge >= 0.3 is 6.18 Å². The van der Waals surface area contributed by atoms with Crippen molar-refractivity contribution in [1.29, 1.82) is 0 Å². The first-order chi connectivity index (χ1) is 10.4. The van der Waals surface area contributed by atoms with Gasteiger partial charge in [-0.15, -0.1) is 0 Å². The van der Waals surface area contributed by atoms with Gasteiger partial charge in [-0.3, -0.25) is 9.89 Å². The zero-order valence-electron chi connectivity index (χ0n) is 13.5. The van der Waals surface area contributed by atoms with Gasteiger partial charge in [0.15, 0.2) is 5.96 Å². The molecule has 4 nitrogen and oxygen atoms in total. The Labute approximate surface area is 130 Å². The van der Waals surface area contributed by atoms with E-state index in [1.54, 1.807) is 0 Å². The summed E-state index contributed by atoms with van der Waals surface area (Å²) in [5, 5.41) is 3.38. The van der Waals surface area contributed by atoms with Crippen molar-refractivity contribution in [2.45, 2.75) is 45.3 Å². The minimum Gasteiger partial charge on any atom is -0.352 e. The molecule has 7 heteroatoms. The van der Waals surface area contributed by atoms with Crippen molar-refractivity contribution in [1.82, 2.24) is 15.1 Å². The van der Waals surface area contributed by atoms with Gasteiger partial charge in [0.2, 0.25) is 0 Å². The summed E-state index contributed by atoms with van der Waals surface area (Å²) in [5.41, 5.74) is 0. The lowest BCUT2D eigenvalue weighted by Gasteiger charge is -2.34. The molecule has 0 saturated carbocycles. The third-order valence-corrected chi connectivity index (χ3v) is 4.40. The van der Waals surface area contributed by atoms with Crippen molar-refractivity contribution >= 4 is 5.96 Å². The van der Waals surface area contributed by atoms with Crippen LogP contribution in [0.3, 0.4) is 0 Å². The van der Waals surface area contributed by atoms with E-state index in [-0.39, 0.29) is 6.04 Å². The smallest absolute Gasteiger partial charge is 0.352 e. The number of piperidine rings is 1. The molecule has 0 aromatic carbocycles. The van der Waals surface area contributed by atoms with E-state index in [1.165, 1.54) is 4.90 Å². The van der Waals surface area contributed by atoms with Crippen molar-refractivity contribution in [3.63, 3.8) is 0 Å². The molecule has 2 saturated heterocycles. The molecule has 22 heavy (non-hydrogen) atoms. The first kappa shape index (κ1) is 17.4. The molecule has 0 spiro atoms. The summed E-state index contributed by atoms with van der Waals surface area (Å²) in [6, 6.07) is 0.0620. The maximum atomic E-state index is 12.5. The number of hydrogen-bond donors (Lipinski definition) is 1. The Balaban J connectivity index is 1.86. The Morgan fingerprint density at radius 2 is 1.86 bits per heavy atom. The van der Waals surface area contributed by atoms with Crippen LogP contribution >= 0.6 is 0 Å². The van der Waals surface area contributed by atoms with E-state index in [0.717, 1.165) is 44.2 Å². The van der Waals surface area contributed by atoms with Gasteiger partial charge in [-0.25, -0.2) is 0 Å². The van der Waals surface area contributed by atoms with Gasteiger partial charge in [-0.05, 0) is 32.1 Å². The van der Waals surface area contributed by atoms with Gasteiger partial charge in [0.05, 0.1) is 6.54 Å². The zero-order valence-corrected chi connectivity index (χ0v) is 13.5. The number of aliphatic imine (C=N–C) groups is 1. The lowest BCUT2D eigenvalue weighted by atomic mass is 9.99. The third-order valence-electron chi connectivity index (χ3n) is 4.40. The van der Waals surface area contributed by atoms with Gasteiger partial charge in [0.25, 0.3) is 0 Å². The number of rotatable bonds is 3. The van der Waals surface area contributed by atoms with E-state index in [9.17, 15) is 13.2 Å². The van der Waals surface area contributed by atoms with Crippen molar-refractivity contribution < 1.29 is 13.2 Å². The fourth-order valence-corrected chi connectivity index (χ4v) is 3.14. The first-order valence-corrected chi connectivity index (χ1v) is 8.22. The fourth-order valence-electron chi connectivity index (χ4n) is 3.14. The van der Waals surface area contributed by atoms with Gasteiger partial charge < -0.3 is 10.2 Å². The monoisotopic (exact) mass is 320 g/mol. The van der Waals surface area contributed by atoms with Crippen LogP contribution in [-0.4, -0.2) is 67.2 Å². The molecule has 128 valence electrons. The topological polar surface area (TPSA) is 30.9 Å². The average Bonchev–Trinajstić information content (AvgIpc) is 2.84. The summed E-state index contributed by atoms with van der Waals surface area (Å²) in [6.07, 6.45) is -1.08. The second-order valence-corrected chi connectivity index (χ2v) is 6.45. The molecule has 1 N–H and O–H groups in total. The van der Waals surface area contributed by atoms with E-state index >= 15 is 0 Å². The highest BCUT2D eigenvalue weighted by Gasteiger charge is 2.34. The van der Waals surface area contributed by atoms with Crippen LogP contribution in [0.1, 0.15) is 33.1 Å². The van der Waals surface area contributed by atoms with Crippen molar-refractivity contribution in [2.24, 2.45) is 10.9 Å². The number of nitrogens with zero attached hydrogens (tertiary/aromatic N) is 3. The summed E-state index contributed by atoms with van der Waals surface area (Å²) in [5.74, 6) is 1.61. The van der Waals surface area contributed by atoms with Crippen LogP contribution in [0.15, 0.2) is 4.99 Å². The van der Waals surface area contributed by atoms with Gasteiger partial charge in [0, 0.05) is 38.8 Å². The number of alkyl halides is 3. The van der Waals surface area contributed by atoms with E-state index in [2.05, 4.69) is 22.1 Å². The molecule has 2 aliphatic rings. The lowest BCUT2D eigenvalue weighted by Crippen LogP contribution is -2.49. The van der Waals surface area contributed by atoms with Crippen LogP contribution in [0.2, 0.25) is 0 Å². The second-order valence-electron chi connectivity index (χ2n) is 6.45. The number of halogens is 3. The molecule has 2 heterocycles. The van der Waals surface area contributed by atoms with Crippen LogP contribution in [0.25, 0.3) is 0 Å². The van der Waals surface area contributed by atoms with Gasteiger partial charge in [-0.2, -0.15) is 13.2 Å². The molecule has 2 aliphatic heterocycles. The maximum absolute atomic E-state index is 12.5. The predicted octanol–water partition coefficient (Wildman–Crippen LogP) is 2.32. The van der Waals surface area contributed by atoms with Crippen LogP contribution in [0.4, 0.5) is 13.2 Å². The Kier molecular flexibility index (Phi) is 5.94. The van der Waals surface area contributed by atoms with E-state index in [1.807, 2.05) is 6.92 Å². The largest absolute Gasteiger partial charge is 0.401 e.